The highest BCUT2D eigenvalue weighted by Crippen LogP contribution is 2.37. The molecule has 13 heteroatoms. The highest BCUT2D eigenvalue weighted by Gasteiger charge is 2.37. The zero-order valence-electron chi connectivity index (χ0n) is 14.6. The van der Waals surface area contributed by atoms with Crippen molar-refractivity contribution in [2.24, 2.45) is 0 Å². The number of hydrogen-bond donors (Lipinski definition) is 0. The van der Waals surface area contributed by atoms with E-state index in [1.54, 1.807) is 0 Å². The van der Waals surface area contributed by atoms with Gasteiger partial charge in [0.2, 0.25) is 0 Å². The quantitative estimate of drug-likeness (QED) is 0.461. The second kappa shape index (κ2) is 7.77. The molecule has 0 aromatic heterocycles. The third-order valence-corrected chi connectivity index (χ3v) is 9.65. The van der Waals surface area contributed by atoms with Gasteiger partial charge >= 0.3 is 0 Å². The molecule has 152 valence electrons. The second-order valence-electron chi connectivity index (χ2n) is 5.70. The molecule has 28 heavy (non-hydrogen) atoms. The number of sulfonamides is 2. The molecule has 0 saturated heterocycles. The summed E-state index contributed by atoms with van der Waals surface area (Å²) in [7, 11) is -8.56. The number of nitro benzene ring substituents is 1. The summed E-state index contributed by atoms with van der Waals surface area (Å²) < 4.78 is 51.8. The topological polar surface area (TPSA) is 115 Å². The fourth-order valence-corrected chi connectivity index (χ4v) is 6.76. The summed E-state index contributed by atoms with van der Waals surface area (Å²) in [5.74, 6) is 0. The molecule has 0 saturated carbocycles. The molecule has 2 aromatic rings. The van der Waals surface area contributed by atoms with Gasteiger partial charge < -0.3 is 0 Å². The minimum Gasteiger partial charge on any atom is -0.258 e. The van der Waals surface area contributed by atoms with Gasteiger partial charge in [-0.3, -0.25) is 10.1 Å². The molecule has 0 aliphatic rings. The average molecular weight is 488 g/mol. The van der Waals surface area contributed by atoms with Gasteiger partial charge in [-0.1, -0.05) is 38.5 Å². The van der Waals surface area contributed by atoms with Crippen LogP contribution in [0.4, 0.5) is 5.69 Å². The van der Waals surface area contributed by atoms with Crippen molar-refractivity contribution in [3.05, 3.63) is 60.6 Å². The first-order valence-corrected chi connectivity index (χ1v) is 11.4. The van der Waals surface area contributed by atoms with E-state index in [2.05, 4.69) is 0 Å². The minimum atomic E-state index is -4.70. The van der Waals surface area contributed by atoms with E-state index in [1.165, 1.54) is 19.9 Å². The van der Waals surface area contributed by atoms with E-state index in [9.17, 15) is 26.9 Å². The third kappa shape index (κ3) is 3.85. The zero-order valence-corrected chi connectivity index (χ0v) is 18.5. The molecular weight excluding hydrogens is 475 g/mol. The van der Waals surface area contributed by atoms with Crippen molar-refractivity contribution >= 4 is 60.5 Å². The van der Waals surface area contributed by atoms with Crippen molar-refractivity contribution < 1.29 is 21.8 Å². The van der Waals surface area contributed by atoms with Crippen LogP contribution in [0.2, 0.25) is 15.1 Å². The first-order valence-electron chi connectivity index (χ1n) is 7.36. The maximum Gasteiger partial charge on any atom is 0.289 e. The van der Waals surface area contributed by atoms with Crippen molar-refractivity contribution in [1.29, 1.82) is 0 Å². The molecule has 8 nitrogen and oxygen atoms in total. The normalized spacial score (nSPS) is 12.4. The summed E-state index contributed by atoms with van der Waals surface area (Å²) in [4.78, 5) is 9.05. The Labute approximate surface area is 176 Å². The molecule has 0 amide bonds. The molecule has 0 spiro atoms. The molecule has 0 heterocycles. The summed E-state index contributed by atoms with van der Waals surface area (Å²) in [6, 6.07) is 4.10. The summed E-state index contributed by atoms with van der Waals surface area (Å²) in [6.07, 6.45) is 0. The predicted octanol–water partition coefficient (Wildman–Crippen LogP) is 4.18. The van der Waals surface area contributed by atoms with Crippen molar-refractivity contribution in [3.8, 4) is 0 Å². The molecule has 0 radical (unpaired) electrons. The van der Waals surface area contributed by atoms with Crippen molar-refractivity contribution in [2.45, 2.75) is 23.6 Å². The van der Waals surface area contributed by atoms with Crippen LogP contribution in [0.25, 0.3) is 0 Å². The molecule has 0 unspecified atom stereocenters. The summed E-state index contributed by atoms with van der Waals surface area (Å²) in [5.41, 5.74) is -0.272. The fourth-order valence-electron chi connectivity index (χ4n) is 2.32. The molecule has 0 fully saturated rings. The first kappa shape index (κ1) is 22.9. The number of nitrogens with zero attached hydrogens (tertiary/aromatic N) is 2. The monoisotopic (exact) mass is 486 g/mol. The van der Waals surface area contributed by atoms with Crippen LogP contribution < -0.4 is 0 Å². The van der Waals surface area contributed by atoms with Crippen LogP contribution in [0.1, 0.15) is 11.1 Å². The maximum atomic E-state index is 13.0. The van der Waals surface area contributed by atoms with Crippen LogP contribution in [0.15, 0.2) is 34.1 Å². The highest BCUT2D eigenvalue weighted by atomic mass is 35.5. The van der Waals surface area contributed by atoms with Gasteiger partial charge in [-0.15, -0.1) is 0 Å². The van der Waals surface area contributed by atoms with Gasteiger partial charge in [0.1, 0.15) is 9.92 Å². The van der Waals surface area contributed by atoms with Crippen molar-refractivity contribution in [2.75, 3.05) is 7.05 Å². The largest absolute Gasteiger partial charge is 0.289 e. The summed E-state index contributed by atoms with van der Waals surface area (Å²) >= 11 is 17.8. The Balaban J connectivity index is 2.70. The summed E-state index contributed by atoms with van der Waals surface area (Å²) in [5, 5.41) is 10.6. The van der Waals surface area contributed by atoms with Crippen LogP contribution in [0.5, 0.6) is 0 Å². The van der Waals surface area contributed by atoms with E-state index in [0.29, 0.717) is 11.6 Å². The molecule has 0 bridgehead atoms. The van der Waals surface area contributed by atoms with Gasteiger partial charge in [-0.05, 0) is 43.2 Å². The fraction of sp³-hybridized carbons (Fsp3) is 0.200. The molecule has 0 aliphatic carbocycles. The number of nitro groups is 1. The van der Waals surface area contributed by atoms with E-state index >= 15 is 0 Å². The average Bonchev–Trinajstić information content (AvgIpc) is 2.59. The Kier molecular flexibility index (Phi) is 6.34. The van der Waals surface area contributed by atoms with Crippen LogP contribution in [-0.2, 0) is 20.0 Å². The van der Waals surface area contributed by atoms with Gasteiger partial charge in [-0.2, -0.15) is 0 Å². The number of benzene rings is 2. The van der Waals surface area contributed by atoms with E-state index in [-0.39, 0.29) is 24.3 Å². The SMILES string of the molecule is Cc1cc(Cl)c(C)c(S(=O)(=O)N(C)S(=O)(=O)c2ccc(Cl)c([N+](=O)[O-])c2)c1Cl. The molecule has 2 aromatic carbocycles. The van der Waals surface area contributed by atoms with Gasteiger partial charge in [0, 0.05) is 18.1 Å². The highest BCUT2D eigenvalue weighted by molar-refractivity contribution is 8.04. The zero-order chi connectivity index (χ0) is 21.6. The van der Waals surface area contributed by atoms with Crippen LogP contribution in [-0.4, -0.2) is 32.5 Å². The molecule has 0 atom stereocenters. The van der Waals surface area contributed by atoms with E-state index in [0.717, 1.165) is 19.2 Å². The van der Waals surface area contributed by atoms with Gasteiger partial charge in [0.15, 0.2) is 0 Å². The molecule has 0 N–H and O–H groups in total. The Morgan fingerprint density at radius 2 is 1.54 bits per heavy atom. The van der Waals surface area contributed by atoms with Crippen LogP contribution >= 0.6 is 34.8 Å². The second-order valence-corrected chi connectivity index (χ2v) is 11.0. The lowest BCUT2D eigenvalue weighted by molar-refractivity contribution is -0.384. The molecule has 0 aliphatic heterocycles. The van der Waals surface area contributed by atoms with Gasteiger partial charge in [0.25, 0.3) is 25.7 Å². The number of hydrogen-bond acceptors (Lipinski definition) is 6. The number of aryl methyl sites for hydroxylation is 1. The van der Waals surface area contributed by atoms with E-state index in [1.807, 2.05) is 0 Å². The van der Waals surface area contributed by atoms with Crippen LogP contribution in [0, 0.1) is 24.0 Å². The van der Waals surface area contributed by atoms with Crippen molar-refractivity contribution in [3.63, 3.8) is 0 Å². The lowest BCUT2D eigenvalue weighted by atomic mass is 10.2. The lowest BCUT2D eigenvalue weighted by Crippen LogP contribution is -2.34. The minimum absolute atomic E-state index is 0.0707. The lowest BCUT2D eigenvalue weighted by Gasteiger charge is -2.20. The standard InChI is InChI=1S/C15H13Cl3N2O6S2/c1-8-6-12(17)9(2)15(14(8)18)28(25,26)19(3)27(23,24)10-4-5-11(16)13(7-10)20(21)22/h4-7H,1-3H3. The van der Waals surface area contributed by atoms with E-state index < -0.39 is 40.4 Å². The van der Waals surface area contributed by atoms with Crippen molar-refractivity contribution in [1.82, 2.24) is 3.71 Å². The number of halogens is 3. The third-order valence-electron chi connectivity index (χ3n) is 3.93. The molecule has 2 rings (SSSR count). The van der Waals surface area contributed by atoms with Crippen LogP contribution in [0.3, 0.4) is 0 Å². The molecular formula is C15H13Cl3N2O6S2. The Hall–Kier alpha value is -1.43. The van der Waals surface area contributed by atoms with E-state index in [4.69, 9.17) is 34.8 Å². The Bertz CT molecular complexity index is 1170. The smallest absolute Gasteiger partial charge is 0.258 e. The predicted molar refractivity (Wildman–Crippen MR) is 106 cm³/mol. The maximum absolute atomic E-state index is 13.0. The Morgan fingerprint density at radius 1 is 0.964 bits per heavy atom. The first-order chi connectivity index (χ1) is 12.7. The summed E-state index contributed by atoms with van der Waals surface area (Å²) in [6.45, 7) is 2.90. The van der Waals surface area contributed by atoms with Gasteiger partial charge in [0.05, 0.1) is 14.8 Å². The number of rotatable bonds is 5. The Morgan fingerprint density at radius 3 is 2.07 bits per heavy atom. The van der Waals surface area contributed by atoms with Gasteiger partial charge in [-0.25, -0.2) is 16.8 Å².